The molecule has 88 valence electrons. The maximum atomic E-state index is 12.0. The van der Waals surface area contributed by atoms with Gasteiger partial charge in [0.25, 0.3) is 0 Å². The summed E-state index contributed by atoms with van der Waals surface area (Å²) in [5.74, 6) is 0.917. The molecule has 0 radical (unpaired) electrons. The predicted octanol–water partition coefficient (Wildman–Crippen LogP) is 2.63. The summed E-state index contributed by atoms with van der Waals surface area (Å²) in [7, 11) is 0. The van der Waals surface area contributed by atoms with Crippen molar-refractivity contribution in [3.05, 3.63) is 36.3 Å². The molecule has 0 aromatic carbocycles. The third-order valence-corrected chi connectivity index (χ3v) is 4.55. The van der Waals surface area contributed by atoms with Crippen LogP contribution in [0.1, 0.15) is 25.5 Å². The normalized spacial score (nSPS) is 46.3. The Morgan fingerprint density at radius 3 is 3.06 bits per heavy atom. The minimum absolute atomic E-state index is 0.0175. The number of hydrogen-bond acceptors (Lipinski definition) is 3. The van der Waals surface area contributed by atoms with Gasteiger partial charge < -0.3 is 9.15 Å². The predicted molar refractivity (Wildman–Crippen MR) is 59.9 cm³/mol. The van der Waals surface area contributed by atoms with E-state index in [9.17, 15) is 4.79 Å². The lowest BCUT2D eigenvalue weighted by Gasteiger charge is -2.47. The standard InChI is InChI=1S/C14H14O3/c1-13-5-4-10-9(7-13)12(15)17-14(10,8-13)11-3-2-6-16-11/h2-6,9-10H,7-8H2,1H3. The average molecular weight is 230 g/mol. The summed E-state index contributed by atoms with van der Waals surface area (Å²) in [4.78, 5) is 12.0. The van der Waals surface area contributed by atoms with Gasteiger partial charge in [-0.15, -0.1) is 0 Å². The smallest absolute Gasteiger partial charge is 0.310 e. The molecular formula is C14H14O3. The van der Waals surface area contributed by atoms with Gasteiger partial charge in [-0.3, -0.25) is 4.79 Å². The first-order valence-corrected chi connectivity index (χ1v) is 6.09. The Labute approximate surface area is 99.4 Å². The Morgan fingerprint density at radius 2 is 2.35 bits per heavy atom. The second kappa shape index (κ2) is 2.66. The van der Waals surface area contributed by atoms with Gasteiger partial charge in [-0.25, -0.2) is 0 Å². The van der Waals surface area contributed by atoms with Gasteiger partial charge in [0.1, 0.15) is 5.76 Å². The number of carbonyl (C=O) groups excluding carboxylic acids is 1. The molecule has 0 spiro atoms. The fourth-order valence-electron chi connectivity index (χ4n) is 3.91. The molecule has 5 rings (SSSR count). The van der Waals surface area contributed by atoms with Gasteiger partial charge in [0.15, 0.2) is 5.60 Å². The highest BCUT2D eigenvalue weighted by molar-refractivity contribution is 5.78. The first-order valence-electron chi connectivity index (χ1n) is 6.09. The second-order valence-electron chi connectivity index (χ2n) is 5.81. The molecule has 17 heavy (non-hydrogen) atoms. The minimum atomic E-state index is -0.535. The summed E-state index contributed by atoms with van der Waals surface area (Å²) in [5, 5.41) is 0. The lowest BCUT2D eigenvalue weighted by molar-refractivity contribution is -0.153. The van der Waals surface area contributed by atoms with Gasteiger partial charge in [0.05, 0.1) is 12.2 Å². The largest absolute Gasteiger partial charge is 0.465 e. The molecule has 4 atom stereocenters. The van der Waals surface area contributed by atoms with Crippen LogP contribution in [0.3, 0.4) is 0 Å². The third-order valence-electron chi connectivity index (χ3n) is 4.55. The molecule has 4 unspecified atom stereocenters. The van der Waals surface area contributed by atoms with Crippen molar-refractivity contribution >= 4 is 5.97 Å². The van der Waals surface area contributed by atoms with Crippen LogP contribution >= 0.6 is 0 Å². The molecule has 1 aromatic rings. The Bertz CT molecular complexity index is 516. The highest BCUT2D eigenvalue weighted by Gasteiger charge is 2.65. The van der Waals surface area contributed by atoms with Crippen LogP contribution < -0.4 is 0 Å². The number of ether oxygens (including phenoxy) is 1. The maximum Gasteiger partial charge on any atom is 0.310 e. The summed E-state index contributed by atoms with van der Waals surface area (Å²) in [6.45, 7) is 2.20. The maximum absolute atomic E-state index is 12.0. The molecule has 1 saturated carbocycles. The van der Waals surface area contributed by atoms with Crippen molar-refractivity contribution in [3.8, 4) is 0 Å². The van der Waals surface area contributed by atoms with Gasteiger partial charge >= 0.3 is 5.97 Å². The van der Waals surface area contributed by atoms with E-state index < -0.39 is 5.60 Å². The molecule has 1 saturated heterocycles. The Hall–Kier alpha value is -1.51. The van der Waals surface area contributed by atoms with Crippen LogP contribution in [0, 0.1) is 17.3 Å². The van der Waals surface area contributed by atoms with Crippen LogP contribution in [0.4, 0.5) is 0 Å². The summed E-state index contributed by atoms with van der Waals surface area (Å²) in [5.41, 5.74) is -0.467. The number of carbonyl (C=O) groups is 1. The number of hydrogen-bond donors (Lipinski definition) is 0. The fraction of sp³-hybridized carbons (Fsp3) is 0.500. The summed E-state index contributed by atoms with van der Waals surface area (Å²) >= 11 is 0. The molecule has 1 aromatic heterocycles. The Kier molecular flexibility index (Phi) is 1.49. The van der Waals surface area contributed by atoms with Gasteiger partial charge in [0.2, 0.25) is 0 Å². The second-order valence-corrected chi connectivity index (χ2v) is 5.81. The summed E-state index contributed by atoms with van der Waals surface area (Å²) in [6.07, 6.45) is 7.81. The topological polar surface area (TPSA) is 39.4 Å². The van der Waals surface area contributed by atoms with E-state index in [-0.39, 0.29) is 23.2 Å². The highest BCUT2D eigenvalue weighted by Crippen LogP contribution is 2.63. The van der Waals surface area contributed by atoms with E-state index in [1.54, 1.807) is 6.26 Å². The van der Waals surface area contributed by atoms with E-state index in [1.807, 2.05) is 12.1 Å². The molecule has 3 nitrogen and oxygen atoms in total. The van der Waals surface area contributed by atoms with E-state index in [0.29, 0.717) is 0 Å². The molecule has 4 aliphatic rings. The van der Waals surface area contributed by atoms with E-state index in [4.69, 9.17) is 9.15 Å². The van der Waals surface area contributed by atoms with E-state index in [0.717, 1.165) is 18.6 Å². The van der Waals surface area contributed by atoms with E-state index >= 15 is 0 Å². The number of rotatable bonds is 1. The number of furan rings is 1. The SMILES string of the molecule is CC12C=CC3C(C1)C(=O)OC3(c1ccco1)C2. The third kappa shape index (κ3) is 1.00. The van der Waals surface area contributed by atoms with E-state index in [1.165, 1.54) is 0 Å². The number of allylic oxidation sites excluding steroid dienone is 1. The van der Waals surface area contributed by atoms with Crippen molar-refractivity contribution in [2.24, 2.45) is 17.3 Å². The molecular weight excluding hydrogens is 216 g/mol. The van der Waals surface area contributed by atoms with Gasteiger partial charge in [-0.05, 0) is 24.0 Å². The van der Waals surface area contributed by atoms with Crippen molar-refractivity contribution in [1.29, 1.82) is 0 Å². The molecule has 3 aliphatic carbocycles. The Balaban J connectivity index is 1.93. The van der Waals surface area contributed by atoms with Crippen LogP contribution in [0.5, 0.6) is 0 Å². The lowest BCUT2D eigenvalue weighted by atomic mass is 9.56. The van der Waals surface area contributed by atoms with Crippen molar-refractivity contribution in [1.82, 2.24) is 0 Å². The van der Waals surface area contributed by atoms with Gasteiger partial charge in [-0.1, -0.05) is 19.1 Å². The molecule has 0 amide bonds. The summed E-state index contributed by atoms with van der Waals surface area (Å²) < 4.78 is 11.3. The minimum Gasteiger partial charge on any atom is -0.465 e. The molecule has 2 fully saturated rings. The van der Waals surface area contributed by atoms with Crippen LogP contribution in [0.15, 0.2) is 35.0 Å². The van der Waals surface area contributed by atoms with Crippen LogP contribution in [0.2, 0.25) is 0 Å². The highest BCUT2D eigenvalue weighted by atomic mass is 16.6. The first-order chi connectivity index (χ1) is 8.13. The number of esters is 1. The quantitative estimate of drug-likeness (QED) is 0.550. The Morgan fingerprint density at radius 1 is 1.47 bits per heavy atom. The molecule has 1 aliphatic heterocycles. The monoisotopic (exact) mass is 230 g/mol. The van der Waals surface area contributed by atoms with Crippen LogP contribution in [-0.2, 0) is 15.1 Å². The zero-order chi connectivity index (χ0) is 11.7. The molecule has 0 N–H and O–H groups in total. The van der Waals surface area contributed by atoms with Crippen molar-refractivity contribution in [2.75, 3.05) is 0 Å². The first kappa shape index (κ1) is 9.51. The average Bonchev–Trinajstić information content (AvgIpc) is 2.86. The van der Waals surface area contributed by atoms with Gasteiger partial charge in [0, 0.05) is 12.3 Å². The van der Waals surface area contributed by atoms with Crippen LogP contribution in [-0.4, -0.2) is 5.97 Å². The molecule has 3 heteroatoms. The molecule has 2 heterocycles. The zero-order valence-corrected chi connectivity index (χ0v) is 9.68. The molecule has 4 bridgehead atoms. The fourth-order valence-corrected chi connectivity index (χ4v) is 3.91. The summed E-state index contributed by atoms with van der Waals surface area (Å²) in [6, 6.07) is 3.78. The van der Waals surface area contributed by atoms with Crippen molar-refractivity contribution in [3.63, 3.8) is 0 Å². The van der Waals surface area contributed by atoms with Crippen LogP contribution in [0.25, 0.3) is 0 Å². The van der Waals surface area contributed by atoms with Crippen molar-refractivity contribution in [2.45, 2.75) is 25.4 Å². The zero-order valence-electron chi connectivity index (χ0n) is 9.68. The van der Waals surface area contributed by atoms with Gasteiger partial charge in [-0.2, -0.15) is 0 Å². The van der Waals surface area contributed by atoms with E-state index in [2.05, 4.69) is 19.1 Å². The van der Waals surface area contributed by atoms with Crippen molar-refractivity contribution < 1.29 is 13.9 Å². The lowest BCUT2D eigenvalue weighted by Crippen LogP contribution is -2.46.